The molecule has 0 aromatic heterocycles. The molecule has 6 heteroatoms. The Labute approximate surface area is 181 Å². The highest BCUT2D eigenvalue weighted by molar-refractivity contribution is 5.95. The third-order valence-corrected chi connectivity index (χ3v) is 4.49. The molecule has 31 heavy (non-hydrogen) atoms. The van der Waals surface area contributed by atoms with Gasteiger partial charge in [-0.3, -0.25) is 4.79 Å². The van der Waals surface area contributed by atoms with Crippen molar-refractivity contribution in [2.24, 2.45) is 0 Å². The molecule has 0 bridgehead atoms. The van der Waals surface area contributed by atoms with Gasteiger partial charge in [0.05, 0.1) is 0 Å². The lowest BCUT2D eigenvalue weighted by Crippen LogP contribution is -2.31. The van der Waals surface area contributed by atoms with E-state index >= 15 is 0 Å². The summed E-state index contributed by atoms with van der Waals surface area (Å²) in [5.74, 6) is 0.249. The van der Waals surface area contributed by atoms with Gasteiger partial charge in [-0.25, -0.2) is 4.79 Å². The van der Waals surface area contributed by atoms with E-state index in [4.69, 9.17) is 14.2 Å². The summed E-state index contributed by atoms with van der Waals surface area (Å²) in [6, 6.07) is 24.2. The predicted molar refractivity (Wildman–Crippen MR) is 118 cm³/mol. The quantitative estimate of drug-likeness (QED) is 0.516. The van der Waals surface area contributed by atoms with Crippen LogP contribution in [0, 0.1) is 6.92 Å². The van der Waals surface area contributed by atoms with Crippen LogP contribution in [0.25, 0.3) is 0 Å². The Kier molecular flexibility index (Phi) is 7.65. The first-order valence-corrected chi connectivity index (χ1v) is 9.97. The van der Waals surface area contributed by atoms with Crippen LogP contribution in [0.2, 0.25) is 0 Å². The van der Waals surface area contributed by atoms with Crippen LogP contribution >= 0.6 is 0 Å². The van der Waals surface area contributed by atoms with E-state index in [1.807, 2.05) is 55.5 Å². The molecule has 0 aliphatic rings. The van der Waals surface area contributed by atoms with Crippen LogP contribution in [0.4, 0.5) is 5.69 Å². The third-order valence-electron chi connectivity index (χ3n) is 4.49. The fourth-order valence-electron chi connectivity index (χ4n) is 2.76. The standard InChI is InChI=1S/C25H25NO5/c1-18-8-6-7-11-23(18)30-17-24(27)31-19(2)25(28)26-21-12-14-22(15-13-21)29-16-20-9-4-3-5-10-20/h3-15,19H,16-17H2,1-2H3,(H,26,28)/t19-/m1/s1. The zero-order valence-corrected chi connectivity index (χ0v) is 17.5. The summed E-state index contributed by atoms with van der Waals surface area (Å²) < 4.78 is 16.3. The third kappa shape index (κ3) is 6.89. The van der Waals surface area contributed by atoms with Crippen LogP contribution in [-0.2, 0) is 20.9 Å². The average molecular weight is 419 g/mol. The Morgan fingerprint density at radius 2 is 1.55 bits per heavy atom. The molecular weight excluding hydrogens is 394 g/mol. The van der Waals surface area contributed by atoms with Crippen molar-refractivity contribution in [3.8, 4) is 11.5 Å². The fourth-order valence-corrected chi connectivity index (χ4v) is 2.76. The van der Waals surface area contributed by atoms with Crippen molar-refractivity contribution in [2.45, 2.75) is 26.6 Å². The van der Waals surface area contributed by atoms with Gasteiger partial charge < -0.3 is 19.5 Å². The molecule has 1 amide bonds. The summed E-state index contributed by atoms with van der Waals surface area (Å²) in [6.45, 7) is 3.59. The molecule has 0 aliphatic heterocycles. The van der Waals surface area contributed by atoms with Crippen molar-refractivity contribution in [3.05, 3.63) is 90.0 Å². The average Bonchev–Trinajstić information content (AvgIpc) is 2.78. The largest absolute Gasteiger partial charge is 0.489 e. The Hall–Kier alpha value is -3.80. The normalized spacial score (nSPS) is 11.3. The van der Waals surface area contributed by atoms with E-state index in [0.717, 1.165) is 11.1 Å². The molecule has 6 nitrogen and oxygen atoms in total. The van der Waals surface area contributed by atoms with Gasteiger partial charge in [0.25, 0.3) is 5.91 Å². The minimum Gasteiger partial charge on any atom is -0.489 e. The molecule has 0 aliphatic carbocycles. The second-order valence-corrected chi connectivity index (χ2v) is 6.97. The molecular formula is C25H25NO5. The van der Waals surface area contributed by atoms with Crippen molar-refractivity contribution < 1.29 is 23.8 Å². The van der Waals surface area contributed by atoms with E-state index in [2.05, 4.69) is 5.32 Å². The molecule has 0 heterocycles. The summed E-state index contributed by atoms with van der Waals surface area (Å²) >= 11 is 0. The van der Waals surface area contributed by atoms with Crippen LogP contribution in [0.3, 0.4) is 0 Å². The number of nitrogens with one attached hydrogen (secondary N) is 1. The minimum absolute atomic E-state index is 0.268. The van der Waals surface area contributed by atoms with Crippen LogP contribution in [-0.4, -0.2) is 24.6 Å². The first-order chi connectivity index (χ1) is 15.0. The van der Waals surface area contributed by atoms with Crippen molar-refractivity contribution >= 4 is 17.6 Å². The highest BCUT2D eigenvalue weighted by Gasteiger charge is 2.18. The molecule has 1 N–H and O–H groups in total. The molecule has 0 spiro atoms. The van der Waals surface area contributed by atoms with Crippen molar-refractivity contribution in [1.82, 2.24) is 0 Å². The van der Waals surface area contributed by atoms with E-state index < -0.39 is 18.0 Å². The lowest BCUT2D eigenvalue weighted by atomic mass is 10.2. The van der Waals surface area contributed by atoms with Crippen molar-refractivity contribution in [1.29, 1.82) is 0 Å². The Balaban J connectivity index is 1.43. The smallest absolute Gasteiger partial charge is 0.344 e. The topological polar surface area (TPSA) is 73.9 Å². The van der Waals surface area contributed by atoms with Gasteiger partial charge in [-0.05, 0) is 55.3 Å². The second kappa shape index (κ2) is 10.8. The second-order valence-electron chi connectivity index (χ2n) is 6.97. The molecule has 0 unspecified atom stereocenters. The molecule has 160 valence electrons. The number of esters is 1. The first-order valence-electron chi connectivity index (χ1n) is 9.97. The highest BCUT2D eigenvalue weighted by Crippen LogP contribution is 2.18. The molecule has 3 aromatic carbocycles. The molecule has 0 radical (unpaired) electrons. The fraction of sp³-hybridized carbons (Fsp3) is 0.200. The van der Waals surface area contributed by atoms with Crippen LogP contribution < -0.4 is 14.8 Å². The number of aryl methyl sites for hydroxylation is 1. The van der Waals surface area contributed by atoms with Gasteiger partial charge in [0.2, 0.25) is 0 Å². The van der Waals surface area contributed by atoms with Gasteiger partial charge in [-0.15, -0.1) is 0 Å². The number of hydrogen-bond acceptors (Lipinski definition) is 5. The number of carbonyl (C=O) groups is 2. The maximum atomic E-state index is 12.3. The van der Waals surface area contributed by atoms with Gasteiger partial charge in [0.1, 0.15) is 18.1 Å². The molecule has 3 rings (SSSR count). The van der Waals surface area contributed by atoms with Gasteiger partial charge >= 0.3 is 5.97 Å². The lowest BCUT2D eigenvalue weighted by Gasteiger charge is -2.14. The summed E-state index contributed by atoms with van der Waals surface area (Å²) in [6.07, 6.45) is -0.957. The van der Waals surface area contributed by atoms with Crippen LogP contribution in [0.1, 0.15) is 18.1 Å². The number of carbonyl (C=O) groups excluding carboxylic acids is 2. The molecule has 1 atom stereocenters. The van der Waals surface area contributed by atoms with Gasteiger partial charge in [0.15, 0.2) is 12.7 Å². The number of para-hydroxylation sites is 1. The Morgan fingerprint density at radius 1 is 0.871 bits per heavy atom. The number of anilines is 1. The van der Waals surface area contributed by atoms with Gasteiger partial charge in [0, 0.05) is 5.69 Å². The van der Waals surface area contributed by atoms with E-state index in [1.165, 1.54) is 6.92 Å². The summed E-state index contributed by atoms with van der Waals surface area (Å²) in [4.78, 5) is 24.3. The van der Waals surface area contributed by atoms with E-state index in [-0.39, 0.29) is 6.61 Å². The van der Waals surface area contributed by atoms with Gasteiger partial charge in [-0.2, -0.15) is 0 Å². The molecule has 0 saturated carbocycles. The van der Waals surface area contributed by atoms with Crippen molar-refractivity contribution in [2.75, 3.05) is 11.9 Å². The summed E-state index contributed by atoms with van der Waals surface area (Å²) in [5, 5.41) is 2.72. The Morgan fingerprint density at radius 3 is 2.26 bits per heavy atom. The van der Waals surface area contributed by atoms with E-state index in [1.54, 1.807) is 30.3 Å². The SMILES string of the molecule is Cc1ccccc1OCC(=O)O[C@H](C)C(=O)Nc1ccc(OCc2ccccc2)cc1. The Bertz CT molecular complexity index is 1000. The molecule has 0 saturated heterocycles. The van der Waals surface area contributed by atoms with Crippen molar-refractivity contribution in [3.63, 3.8) is 0 Å². The summed E-state index contributed by atoms with van der Waals surface area (Å²) in [7, 11) is 0. The number of hydrogen-bond donors (Lipinski definition) is 1. The zero-order valence-electron chi connectivity index (χ0n) is 17.5. The number of amides is 1. The maximum Gasteiger partial charge on any atom is 0.344 e. The number of benzene rings is 3. The number of ether oxygens (including phenoxy) is 3. The number of rotatable bonds is 9. The first kappa shape index (κ1) is 21.9. The van der Waals surface area contributed by atoms with Gasteiger partial charge in [-0.1, -0.05) is 48.5 Å². The maximum absolute atomic E-state index is 12.3. The monoisotopic (exact) mass is 419 g/mol. The summed E-state index contributed by atoms with van der Waals surface area (Å²) in [5.41, 5.74) is 2.57. The molecule has 0 fully saturated rings. The lowest BCUT2D eigenvalue weighted by molar-refractivity contribution is -0.155. The predicted octanol–water partition coefficient (Wildman–Crippen LogP) is 4.52. The van der Waals surface area contributed by atoms with Crippen LogP contribution in [0.15, 0.2) is 78.9 Å². The van der Waals surface area contributed by atoms with E-state index in [9.17, 15) is 9.59 Å². The zero-order chi connectivity index (χ0) is 22.1. The van der Waals surface area contributed by atoms with E-state index in [0.29, 0.717) is 23.8 Å². The van der Waals surface area contributed by atoms with Crippen LogP contribution in [0.5, 0.6) is 11.5 Å². The molecule has 3 aromatic rings. The highest BCUT2D eigenvalue weighted by atomic mass is 16.6. The minimum atomic E-state index is -0.957.